The van der Waals surface area contributed by atoms with Gasteiger partial charge in [0.2, 0.25) is 0 Å². The van der Waals surface area contributed by atoms with Crippen LogP contribution in [0.15, 0.2) is 36.4 Å². The van der Waals surface area contributed by atoms with Crippen molar-refractivity contribution in [2.24, 2.45) is 11.8 Å². The van der Waals surface area contributed by atoms with E-state index in [1.807, 2.05) is 23.1 Å². The van der Waals surface area contributed by atoms with Gasteiger partial charge in [0, 0.05) is 24.5 Å². The molecule has 1 amide bonds. The summed E-state index contributed by atoms with van der Waals surface area (Å²) in [7, 11) is 0. The van der Waals surface area contributed by atoms with Crippen molar-refractivity contribution in [1.82, 2.24) is 19.5 Å². The molecule has 6 nitrogen and oxygen atoms in total. The quantitative estimate of drug-likeness (QED) is 0.317. The number of carbonyl (C=O) groups is 1. The average Bonchev–Trinajstić information content (AvgIpc) is 3.19. The van der Waals surface area contributed by atoms with E-state index in [9.17, 15) is 4.79 Å². The first-order valence-corrected chi connectivity index (χ1v) is 12.6. The Balaban J connectivity index is 2.00. The predicted octanol–water partition coefficient (Wildman–Crippen LogP) is 5.97. The number of aryl methyl sites for hydroxylation is 1. The van der Waals surface area contributed by atoms with Crippen LogP contribution in [-0.2, 0) is 6.42 Å². The molecule has 0 unspecified atom stereocenters. The van der Waals surface area contributed by atoms with E-state index < -0.39 is 0 Å². The zero-order valence-electron chi connectivity index (χ0n) is 20.6. The number of benzene rings is 1. The summed E-state index contributed by atoms with van der Waals surface area (Å²) in [5.74, 6) is 1.53. The minimum atomic E-state index is -0.0416. The number of aromatic nitrogens is 3. The molecule has 0 aliphatic carbocycles. The lowest BCUT2D eigenvalue weighted by Crippen LogP contribution is -2.35. The van der Waals surface area contributed by atoms with E-state index in [1.165, 1.54) is 0 Å². The molecule has 0 fully saturated rings. The van der Waals surface area contributed by atoms with E-state index in [1.54, 1.807) is 22.7 Å². The molecule has 0 atom stereocenters. The zero-order valence-corrected chi connectivity index (χ0v) is 21.3. The number of fused-ring (bicyclic) bond motifs is 1. The number of amides is 1. The van der Waals surface area contributed by atoms with Gasteiger partial charge < -0.3 is 4.90 Å². The highest BCUT2D eigenvalue weighted by Gasteiger charge is 2.21. The van der Waals surface area contributed by atoms with Crippen molar-refractivity contribution in [3.05, 3.63) is 53.3 Å². The normalized spacial score (nSPS) is 11.4. The maximum absolute atomic E-state index is 13.5. The standard InChI is InChI=1S/C27H34ClN5O/c1-19(2)13-16-32(17-14-20(3)4)27(34)23-11-12-25-30-26(22-9-7-21(18-29)8-10-22)24(6-5-15-28)33(25)31-23/h7-12,19-20H,5-6,13-17H2,1-4H3. The number of carbonyl (C=O) groups excluding carboxylic acids is 1. The smallest absolute Gasteiger partial charge is 0.274 e. The van der Waals surface area contributed by atoms with Crippen molar-refractivity contribution in [2.75, 3.05) is 19.0 Å². The topological polar surface area (TPSA) is 74.3 Å². The van der Waals surface area contributed by atoms with Gasteiger partial charge in [-0.05, 0) is 61.8 Å². The van der Waals surface area contributed by atoms with Crippen molar-refractivity contribution in [3.63, 3.8) is 0 Å². The van der Waals surface area contributed by atoms with Crippen LogP contribution in [0.2, 0.25) is 0 Å². The zero-order chi connectivity index (χ0) is 24.7. The van der Waals surface area contributed by atoms with Gasteiger partial charge in [-0.1, -0.05) is 39.8 Å². The summed E-state index contributed by atoms with van der Waals surface area (Å²) < 4.78 is 1.79. The fraction of sp³-hybridized carbons (Fsp3) is 0.481. The Morgan fingerprint density at radius 2 is 1.71 bits per heavy atom. The highest BCUT2D eigenvalue weighted by molar-refractivity contribution is 6.17. The molecule has 0 saturated carbocycles. The molecule has 0 aliphatic heterocycles. The summed E-state index contributed by atoms with van der Waals surface area (Å²) in [6.07, 6.45) is 3.38. The third-order valence-corrected chi connectivity index (χ3v) is 6.13. The van der Waals surface area contributed by atoms with Crippen molar-refractivity contribution in [3.8, 4) is 17.3 Å². The molecule has 0 saturated heterocycles. The van der Waals surface area contributed by atoms with Crippen LogP contribution in [0.3, 0.4) is 0 Å². The van der Waals surface area contributed by atoms with Gasteiger partial charge in [0.1, 0.15) is 5.69 Å². The highest BCUT2D eigenvalue weighted by Crippen LogP contribution is 2.26. The SMILES string of the molecule is CC(C)CCN(CCC(C)C)C(=O)c1ccc2nc(-c3ccc(C#N)cc3)c(CCCCl)n2n1. The van der Waals surface area contributed by atoms with Crippen molar-refractivity contribution < 1.29 is 4.79 Å². The van der Waals surface area contributed by atoms with Crippen LogP contribution < -0.4 is 0 Å². The summed E-state index contributed by atoms with van der Waals surface area (Å²) in [6.45, 7) is 10.2. The number of nitriles is 1. The summed E-state index contributed by atoms with van der Waals surface area (Å²) in [4.78, 5) is 20.2. The first kappa shape index (κ1) is 25.7. The molecule has 34 heavy (non-hydrogen) atoms. The van der Waals surface area contributed by atoms with E-state index in [0.29, 0.717) is 41.0 Å². The highest BCUT2D eigenvalue weighted by atomic mass is 35.5. The van der Waals surface area contributed by atoms with E-state index in [-0.39, 0.29) is 5.91 Å². The van der Waals surface area contributed by atoms with Gasteiger partial charge in [-0.3, -0.25) is 4.79 Å². The van der Waals surface area contributed by atoms with Gasteiger partial charge in [0.05, 0.1) is 23.0 Å². The van der Waals surface area contributed by atoms with Gasteiger partial charge in [0.25, 0.3) is 5.91 Å². The van der Waals surface area contributed by atoms with Crippen LogP contribution in [-0.4, -0.2) is 44.4 Å². The fourth-order valence-electron chi connectivity index (χ4n) is 3.79. The number of nitrogens with zero attached hydrogens (tertiary/aromatic N) is 5. The monoisotopic (exact) mass is 479 g/mol. The summed E-state index contributed by atoms with van der Waals surface area (Å²) in [5.41, 5.74) is 4.36. The molecule has 2 aromatic heterocycles. The molecule has 2 heterocycles. The molecule has 0 spiro atoms. The number of imidazole rings is 1. The Labute approximate surface area is 207 Å². The molecule has 7 heteroatoms. The Hall–Kier alpha value is -2.91. The molecule has 3 rings (SSSR count). The molecular formula is C27H34ClN5O. The largest absolute Gasteiger partial charge is 0.337 e. The van der Waals surface area contributed by atoms with Crippen molar-refractivity contribution in [1.29, 1.82) is 5.26 Å². The van der Waals surface area contributed by atoms with E-state index in [2.05, 4.69) is 33.8 Å². The second-order valence-corrected chi connectivity index (χ2v) is 9.91. The van der Waals surface area contributed by atoms with Crippen molar-refractivity contribution >= 4 is 23.2 Å². The van der Waals surface area contributed by atoms with Gasteiger partial charge in [-0.2, -0.15) is 10.4 Å². The van der Waals surface area contributed by atoms with E-state index in [0.717, 1.165) is 49.3 Å². The fourth-order valence-corrected chi connectivity index (χ4v) is 3.92. The van der Waals surface area contributed by atoms with Gasteiger partial charge in [-0.15, -0.1) is 11.6 Å². The van der Waals surface area contributed by atoms with Crippen LogP contribution >= 0.6 is 11.6 Å². The lowest BCUT2D eigenvalue weighted by Gasteiger charge is -2.24. The molecule has 0 bridgehead atoms. The molecule has 1 aromatic carbocycles. The number of rotatable bonds is 11. The molecule has 3 aromatic rings. The van der Waals surface area contributed by atoms with Gasteiger partial charge in [0.15, 0.2) is 5.65 Å². The average molecular weight is 480 g/mol. The number of halogens is 1. The van der Waals surface area contributed by atoms with Gasteiger partial charge in [-0.25, -0.2) is 9.50 Å². The minimum absolute atomic E-state index is 0.0416. The Morgan fingerprint density at radius 1 is 1.06 bits per heavy atom. The predicted molar refractivity (Wildman–Crippen MR) is 137 cm³/mol. The number of hydrogen-bond acceptors (Lipinski definition) is 4. The Kier molecular flexibility index (Phi) is 9.06. The molecule has 0 N–H and O–H groups in total. The minimum Gasteiger partial charge on any atom is -0.337 e. The molecule has 0 radical (unpaired) electrons. The number of alkyl halides is 1. The summed E-state index contributed by atoms with van der Waals surface area (Å²) >= 11 is 6.00. The second kappa shape index (κ2) is 12.0. The van der Waals surface area contributed by atoms with Crippen LogP contribution in [0.5, 0.6) is 0 Å². The van der Waals surface area contributed by atoms with Crippen LogP contribution in [0.1, 0.15) is 68.7 Å². The Bertz CT molecular complexity index is 1130. The maximum Gasteiger partial charge on any atom is 0.274 e. The van der Waals surface area contributed by atoms with E-state index in [4.69, 9.17) is 26.9 Å². The summed E-state index contributed by atoms with van der Waals surface area (Å²) in [5, 5.41) is 13.9. The van der Waals surface area contributed by atoms with Crippen LogP contribution in [0.4, 0.5) is 0 Å². The second-order valence-electron chi connectivity index (χ2n) is 9.53. The lowest BCUT2D eigenvalue weighted by atomic mass is 10.1. The first-order chi connectivity index (χ1) is 16.3. The molecular weight excluding hydrogens is 446 g/mol. The molecule has 0 aliphatic rings. The third-order valence-electron chi connectivity index (χ3n) is 5.86. The van der Waals surface area contributed by atoms with Gasteiger partial charge >= 0.3 is 0 Å². The Morgan fingerprint density at radius 3 is 2.26 bits per heavy atom. The number of hydrogen-bond donors (Lipinski definition) is 0. The summed E-state index contributed by atoms with van der Waals surface area (Å²) in [6, 6.07) is 13.2. The van der Waals surface area contributed by atoms with Crippen molar-refractivity contribution in [2.45, 2.75) is 53.4 Å². The molecule has 180 valence electrons. The van der Waals surface area contributed by atoms with Crippen LogP contribution in [0, 0.1) is 23.2 Å². The van der Waals surface area contributed by atoms with Crippen LogP contribution in [0.25, 0.3) is 16.9 Å². The lowest BCUT2D eigenvalue weighted by molar-refractivity contribution is 0.0733. The first-order valence-electron chi connectivity index (χ1n) is 12.1. The maximum atomic E-state index is 13.5. The third kappa shape index (κ3) is 6.36. The van der Waals surface area contributed by atoms with E-state index >= 15 is 0 Å².